The zero-order chi connectivity index (χ0) is 16.1. The van der Waals surface area contributed by atoms with Gasteiger partial charge >= 0.3 is 0 Å². The lowest BCUT2D eigenvalue weighted by atomic mass is 10.00. The highest BCUT2D eigenvalue weighted by molar-refractivity contribution is 7.11. The first-order valence-electron chi connectivity index (χ1n) is 7.89. The van der Waals surface area contributed by atoms with Crippen LogP contribution >= 0.6 is 11.3 Å². The maximum atomic E-state index is 12.1. The van der Waals surface area contributed by atoms with Crippen LogP contribution < -0.4 is 10.6 Å². The monoisotopic (exact) mass is 335 g/mol. The fraction of sp³-hybridized carbons (Fsp3) is 0.643. The minimum atomic E-state index is -0.195. The number of hydrogen-bond acceptors (Lipinski definition) is 7. The van der Waals surface area contributed by atoms with Gasteiger partial charge in [0.1, 0.15) is 10.0 Å². The molecule has 1 aliphatic rings. The zero-order valence-electron chi connectivity index (χ0n) is 13.2. The third-order valence-corrected chi connectivity index (χ3v) is 4.71. The van der Waals surface area contributed by atoms with Crippen molar-refractivity contribution in [2.24, 2.45) is 5.92 Å². The van der Waals surface area contributed by atoms with E-state index < -0.39 is 0 Å². The Balaban J connectivity index is 1.45. The van der Waals surface area contributed by atoms with Crippen LogP contribution in [0.25, 0.3) is 0 Å². The molecule has 124 valence electrons. The van der Waals surface area contributed by atoms with E-state index in [0.717, 1.165) is 29.6 Å². The van der Waals surface area contributed by atoms with Crippen LogP contribution in [0.4, 0.5) is 0 Å². The summed E-state index contributed by atoms with van der Waals surface area (Å²) in [5.41, 5.74) is 0.363. The third-order valence-electron chi connectivity index (χ3n) is 3.81. The Kier molecular flexibility index (Phi) is 5.29. The van der Waals surface area contributed by atoms with Crippen molar-refractivity contribution in [1.29, 1.82) is 0 Å². The standard InChI is InChI=1S/C14H21N7OS/c1-10-17-19-13(23-10)4-6-16-14(22)12-9-21(20-18-12)8-11-3-2-5-15-7-11/h9,11,15H,2-8H2,1H3,(H,16,22)/t11-/m0/s1. The summed E-state index contributed by atoms with van der Waals surface area (Å²) in [6.45, 7) is 5.34. The minimum Gasteiger partial charge on any atom is -0.350 e. The normalized spacial score (nSPS) is 18.0. The second-order valence-electron chi connectivity index (χ2n) is 5.76. The Morgan fingerprint density at radius 2 is 2.39 bits per heavy atom. The van der Waals surface area contributed by atoms with Crippen molar-refractivity contribution in [3.63, 3.8) is 0 Å². The molecule has 9 heteroatoms. The zero-order valence-corrected chi connectivity index (χ0v) is 14.0. The van der Waals surface area contributed by atoms with Crippen molar-refractivity contribution in [3.05, 3.63) is 21.9 Å². The third kappa shape index (κ3) is 4.55. The lowest BCUT2D eigenvalue weighted by Crippen LogP contribution is -2.32. The van der Waals surface area contributed by atoms with Crippen molar-refractivity contribution in [2.45, 2.75) is 32.7 Å². The van der Waals surface area contributed by atoms with E-state index in [2.05, 4.69) is 31.1 Å². The lowest BCUT2D eigenvalue weighted by molar-refractivity contribution is 0.0949. The molecule has 0 aromatic carbocycles. The van der Waals surface area contributed by atoms with Gasteiger partial charge in [0, 0.05) is 19.5 Å². The maximum Gasteiger partial charge on any atom is 0.273 e. The molecule has 1 fully saturated rings. The molecule has 3 rings (SSSR count). The van der Waals surface area contributed by atoms with Gasteiger partial charge in [-0.3, -0.25) is 9.48 Å². The Labute approximate surface area is 138 Å². The molecule has 0 radical (unpaired) electrons. The van der Waals surface area contributed by atoms with Gasteiger partial charge in [-0.2, -0.15) is 0 Å². The molecule has 1 aliphatic heterocycles. The van der Waals surface area contributed by atoms with Gasteiger partial charge in [-0.05, 0) is 38.8 Å². The fourth-order valence-corrected chi connectivity index (χ4v) is 3.36. The topological polar surface area (TPSA) is 97.6 Å². The highest BCUT2D eigenvalue weighted by Crippen LogP contribution is 2.12. The predicted molar refractivity (Wildman–Crippen MR) is 86.3 cm³/mol. The van der Waals surface area contributed by atoms with Gasteiger partial charge < -0.3 is 10.6 Å². The first kappa shape index (κ1) is 16.0. The van der Waals surface area contributed by atoms with Gasteiger partial charge in [-0.25, -0.2) is 0 Å². The number of aromatic nitrogens is 5. The molecule has 2 aromatic heterocycles. The van der Waals surface area contributed by atoms with Crippen LogP contribution in [0.2, 0.25) is 0 Å². The SMILES string of the molecule is Cc1nnc(CCNC(=O)c2cn(C[C@H]3CCCNC3)nn2)s1. The second-order valence-corrected chi connectivity index (χ2v) is 7.03. The smallest absolute Gasteiger partial charge is 0.273 e. The van der Waals surface area contributed by atoms with Crippen LogP contribution in [0.5, 0.6) is 0 Å². The molecule has 0 bridgehead atoms. The predicted octanol–water partition coefficient (Wildman–Crippen LogP) is 0.410. The van der Waals surface area contributed by atoms with Crippen molar-refractivity contribution >= 4 is 17.2 Å². The molecular formula is C14H21N7OS. The fourth-order valence-electron chi connectivity index (χ4n) is 2.65. The summed E-state index contributed by atoms with van der Waals surface area (Å²) in [4.78, 5) is 12.1. The van der Waals surface area contributed by atoms with E-state index >= 15 is 0 Å². The minimum absolute atomic E-state index is 0.195. The molecule has 3 heterocycles. The van der Waals surface area contributed by atoms with Crippen LogP contribution in [0, 0.1) is 12.8 Å². The quantitative estimate of drug-likeness (QED) is 0.793. The molecule has 0 saturated carbocycles. The molecular weight excluding hydrogens is 314 g/mol. The van der Waals surface area contributed by atoms with Crippen molar-refractivity contribution in [3.8, 4) is 0 Å². The number of rotatable bonds is 6. The number of amides is 1. The summed E-state index contributed by atoms with van der Waals surface area (Å²) >= 11 is 1.55. The summed E-state index contributed by atoms with van der Waals surface area (Å²) in [6, 6.07) is 0. The summed E-state index contributed by atoms with van der Waals surface area (Å²) in [5.74, 6) is 0.362. The first-order valence-corrected chi connectivity index (χ1v) is 8.70. The van der Waals surface area contributed by atoms with Crippen molar-refractivity contribution in [1.82, 2.24) is 35.8 Å². The van der Waals surface area contributed by atoms with Crippen LogP contribution in [0.3, 0.4) is 0 Å². The molecule has 0 aliphatic carbocycles. The first-order chi connectivity index (χ1) is 11.2. The summed E-state index contributed by atoms with van der Waals surface area (Å²) in [7, 11) is 0. The van der Waals surface area contributed by atoms with E-state index in [9.17, 15) is 4.79 Å². The van der Waals surface area contributed by atoms with E-state index in [-0.39, 0.29) is 5.91 Å². The van der Waals surface area contributed by atoms with Crippen molar-refractivity contribution in [2.75, 3.05) is 19.6 Å². The molecule has 1 saturated heterocycles. The molecule has 0 spiro atoms. The average molecular weight is 335 g/mol. The van der Waals surface area contributed by atoms with Crippen molar-refractivity contribution < 1.29 is 4.79 Å². The van der Waals surface area contributed by atoms with E-state index in [0.29, 0.717) is 24.6 Å². The van der Waals surface area contributed by atoms with Crippen LogP contribution in [-0.2, 0) is 13.0 Å². The summed E-state index contributed by atoms with van der Waals surface area (Å²) in [6.07, 6.45) is 4.78. The van der Waals surface area contributed by atoms with Gasteiger partial charge in [0.25, 0.3) is 5.91 Å². The molecule has 8 nitrogen and oxygen atoms in total. The number of nitrogens with one attached hydrogen (secondary N) is 2. The van der Waals surface area contributed by atoms with Crippen LogP contribution in [0.1, 0.15) is 33.3 Å². The van der Waals surface area contributed by atoms with Gasteiger partial charge in [-0.1, -0.05) is 5.21 Å². The van der Waals surface area contributed by atoms with Gasteiger partial charge in [0.2, 0.25) is 0 Å². The van der Waals surface area contributed by atoms with Gasteiger partial charge in [0.05, 0.1) is 6.20 Å². The number of piperidine rings is 1. The molecule has 1 atom stereocenters. The van der Waals surface area contributed by atoms with Crippen LogP contribution in [-0.4, -0.2) is 50.7 Å². The average Bonchev–Trinajstić information content (AvgIpc) is 3.18. The number of carbonyl (C=O) groups is 1. The highest BCUT2D eigenvalue weighted by Gasteiger charge is 2.16. The molecule has 2 aromatic rings. The maximum absolute atomic E-state index is 12.1. The molecule has 0 unspecified atom stereocenters. The number of hydrogen-bond donors (Lipinski definition) is 2. The van der Waals surface area contributed by atoms with Crippen LogP contribution in [0.15, 0.2) is 6.20 Å². The van der Waals surface area contributed by atoms with E-state index in [1.807, 2.05) is 6.92 Å². The Morgan fingerprint density at radius 3 is 3.13 bits per heavy atom. The number of nitrogens with zero attached hydrogens (tertiary/aromatic N) is 5. The lowest BCUT2D eigenvalue weighted by Gasteiger charge is -2.22. The van der Waals surface area contributed by atoms with E-state index in [4.69, 9.17) is 0 Å². The summed E-state index contributed by atoms with van der Waals surface area (Å²) in [5, 5.41) is 24.1. The summed E-state index contributed by atoms with van der Waals surface area (Å²) < 4.78 is 1.76. The Bertz CT molecular complexity index is 647. The van der Waals surface area contributed by atoms with E-state index in [1.54, 1.807) is 22.2 Å². The molecule has 23 heavy (non-hydrogen) atoms. The number of carbonyl (C=O) groups excluding carboxylic acids is 1. The van der Waals surface area contributed by atoms with E-state index in [1.165, 1.54) is 12.8 Å². The Morgan fingerprint density at radius 1 is 1.48 bits per heavy atom. The highest BCUT2D eigenvalue weighted by atomic mass is 32.1. The van der Waals surface area contributed by atoms with Gasteiger partial charge in [-0.15, -0.1) is 26.6 Å². The molecule has 2 N–H and O–H groups in total. The van der Waals surface area contributed by atoms with Gasteiger partial charge in [0.15, 0.2) is 5.69 Å². The largest absolute Gasteiger partial charge is 0.350 e. The Hall–Kier alpha value is -1.87. The number of aryl methyl sites for hydroxylation is 1. The molecule has 1 amide bonds. The second kappa shape index (κ2) is 7.60.